The number of nitrogens with zero attached hydrogens (tertiary/aromatic N) is 2. The monoisotopic (exact) mass is 393 g/mol. The topological polar surface area (TPSA) is 123 Å². The van der Waals surface area contributed by atoms with E-state index in [1.807, 2.05) is 0 Å². The van der Waals surface area contributed by atoms with Crippen molar-refractivity contribution < 1.29 is 22.6 Å². The average Bonchev–Trinajstić information content (AvgIpc) is 3.15. The molecule has 0 spiro atoms. The van der Waals surface area contributed by atoms with Gasteiger partial charge in [-0.25, -0.2) is 8.42 Å². The smallest absolute Gasteiger partial charge is 0.293 e. The fraction of sp³-hybridized carbons (Fsp3) is 0.353. The van der Waals surface area contributed by atoms with Crippen molar-refractivity contribution in [1.82, 2.24) is 4.90 Å². The average molecular weight is 393 g/mol. The molecule has 2 heterocycles. The van der Waals surface area contributed by atoms with Crippen LogP contribution >= 0.6 is 0 Å². The number of benzene rings is 1. The summed E-state index contributed by atoms with van der Waals surface area (Å²) in [7, 11) is -3.53. The van der Waals surface area contributed by atoms with Gasteiger partial charge in [-0.2, -0.15) is 0 Å². The van der Waals surface area contributed by atoms with Gasteiger partial charge >= 0.3 is 0 Å². The molecule has 0 unspecified atom stereocenters. The Hall–Kier alpha value is -2.88. The Labute approximate surface area is 156 Å². The van der Waals surface area contributed by atoms with Crippen LogP contribution in [0.25, 0.3) is 0 Å². The molecule has 0 atom stereocenters. The van der Waals surface area contributed by atoms with Gasteiger partial charge in [0.2, 0.25) is 0 Å². The van der Waals surface area contributed by atoms with Crippen molar-refractivity contribution >= 4 is 27.1 Å². The van der Waals surface area contributed by atoms with Gasteiger partial charge in [0.15, 0.2) is 15.6 Å². The number of carbonyl (C=O) groups excluding carboxylic acids is 1. The zero-order chi connectivity index (χ0) is 19.6. The van der Waals surface area contributed by atoms with E-state index in [0.29, 0.717) is 25.9 Å². The number of nitro groups is 1. The molecule has 3 rings (SSSR count). The third kappa shape index (κ3) is 4.27. The number of anilines is 1. The largest absolute Gasteiger partial charge is 0.459 e. The Morgan fingerprint density at radius 2 is 2.00 bits per heavy atom. The van der Waals surface area contributed by atoms with Crippen LogP contribution in [0.3, 0.4) is 0 Å². The third-order valence-electron chi connectivity index (χ3n) is 4.47. The van der Waals surface area contributed by atoms with Gasteiger partial charge in [0.1, 0.15) is 5.69 Å². The molecule has 0 saturated carbocycles. The van der Waals surface area contributed by atoms with Crippen LogP contribution < -0.4 is 5.32 Å². The van der Waals surface area contributed by atoms with Crippen LogP contribution in [0.15, 0.2) is 45.9 Å². The summed E-state index contributed by atoms with van der Waals surface area (Å²) in [5.41, 5.74) is -0.0183. The lowest BCUT2D eigenvalue weighted by molar-refractivity contribution is -0.384. The first-order valence-electron chi connectivity index (χ1n) is 8.33. The normalized spacial score (nSPS) is 15.5. The zero-order valence-electron chi connectivity index (χ0n) is 14.6. The van der Waals surface area contributed by atoms with Crippen molar-refractivity contribution in [3.63, 3.8) is 0 Å². The summed E-state index contributed by atoms with van der Waals surface area (Å²) < 4.78 is 28.4. The highest BCUT2D eigenvalue weighted by Crippen LogP contribution is 2.29. The molecule has 1 N–H and O–H groups in total. The Kier molecular flexibility index (Phi) is 5.17. The van der Waals surface area contributed by atoms with Crippen LogP contribution in [0.1, 0.15) is 23.4 Å². The number of carbonyl (C=O) groups is 1. The fourth-order valence-corrected chi connectivity index (χ4v) is 3.66. The Balaban J connectivity index is 1.68. The van der Waals surface area contributed by atoms with E-state index >= 15 is 0 Å². The molecule has 144 valence electrons. The Morgan fingerprint density at radius 1 is 1.30 bits per heavy atom. The van der Waals surface area contributed by atoms with Gasteiger partial charge in [0, 0.05) is 31.5 Å². The molecule has 10 heteroatoms. The van der Waals surface area contributed by atoms with Crippen molar-refractivity contribution in [2.75, 3.05) is 24.7 Å². The molecule has 1 amide bonds. The minimum Gasteiger partial charge on any atom is -0.459 e. The number of rotatable bonds is 5. The number of amides is 1. The van der Waals surface area contributed by atoms with Crippen molar-refractivity contribution in [2.45, 2.75) is 23.8 Å². The first kappa shape index (κ1) is 18.9. The maximum absolute atomic E-state index is 12.3. The minimum absolute atomic E-state index is 0.0616. The second-order valence-corrected chi connectivity index (χ2v) is 8.41. The second kappa shape index (κ2) is 7.39. The first-order chi connectivity index (χ1) is 12.8. The molecule has 0 aliphatic carbocycles. The van der Waals surface area contributed by atoms with Gasteiger partial charge in [-0.1, -0.05) is 0 Å². The van der Waals surface area contributed by atoms with Gasteiger partial charge in [-0.15, -0.1) is 0 Å². The number of hydrogen-bond acceptors (Lipinski definition) is 7. The summed E-state index contributed by atoms with van der Waals surface area (Å²) in [6, 6.07) is 7.02. The Bertz CT molecular complexity index is 947. The van der Waals surface area contributed by atoms with Gasteiger partial charge in [0.05, 0.1) is 16.1 Å². The maximum Gasteiger partial charge on any atom is 0.293 e. The molecule has 1 aromatic carbocycles. The van der Waals surface area contributed by atoms with Crippen molar-refractivity contribution in [1.29, 1.82) is 0 Å². The SMILES string of the molecule is CS(=O)(=O)c1ccc(NC2CCN(C(=O)c3ccco3)CC2)c([N+](=O)[O-])c1. The molecule has 1 aliphatic rings. The van der Waals surface area contributed by atoms with Crippen LogP contribution in [0.2, 0.25) is 0 Å². The van der Waals surface area contributed by atoms with Crippen LogP contribution in [0.5, 0.6) is 0 Å². The van der Waals surface area contributed by atoms with E-state index < -0.39 is 14.8 Å². The summed E-state index contributed by atoms with van der Waals surface area (Å²) in [4.78, 5) is 24.6. The summed E-state index contributed by atoms with van der Waals surface area (Å²) in [5.74, 6) is 0.107. The van der Waals surface area contributed by atoms with Crippen LogP contribution in [0, 0.1) is 10.1 Å². The van der Waals surface area contributed by atoms with Crippen LogP contribution in [-0.4, -0.2) is 49.5 Å². The molecule has 2 aromatic rings. The molecule has 1 fully saturated rings. The van der Waals surface area contributed by atoms with E-state index in [0.717, 1.165) is 12.3 Å². The van der Waals surface area contributed by atoms with Gasteiger partial charge in [0.25, 0.3) is 11.6 Å². The molecule has 1 aromatic heterocycles. The van der Waals surface area contributed by atoms with Gasteiger partial charge < -0.3 is 14.6 Å². The first-order valence-corrected chi connectivity index (χ1v) is 10.2. The molecule has 0 radical (unpaired) electrons. The molecular weight excluding hydrogens is 374 g/mol. The highest BCUT2D eigenvalue weighted by molar-refractivity contribution is 7.90. The summed E-state index contributed by atoms with van der Waals surface area (Å²) in [6.45, 7) is 0.985. The van der Waals surface area contributed by atoms with Crippen molar-refractivity contribution in [3.8, 4) is 0 Å². The zero-order valence-corrected chi connectivity index (χ0v) is 15.4. The number of furan rings is 1. The molecule has 9 nitrogen and oxygen atoms in total. The standard InChI is InChI=1S/C17H19N3O6S/c1-27(24,25)13-4-5-14(15(11-13)20(22)23)18-12-6-8-19(9-7-12)17(21)16-3-2-10-26-16/h2-5,10-12,18H,6-9H2,1H3. The third-order valence-corrected chi connectivity index (χ3v) is 5.58. The number of nitrogens with one attached hydrogen (secondary N) is 1. The lowest BCUT2D eigenvalue weighted by atomic mass is 10.0. The number of hydrogen-bond donors (Lipinski definition) is 1. The lowest BCUT2D eigenvalue weighted by Crippen LogP contribution is -2.42. The summed E-state index contributed by atoms with van der Waals surface area (Å²) >= 11 is 0. The number of nitro benzene ring substituents is 1. The van der Waals surface area contributed by atoms with Gasteiger partial charge in [-0.05, 0) is 37.1 Å². The maximum atomic E-state index is 12.3. The van der Waals surface area contributed by atoms with Crippen LogP contribution in [-0.2, 0) is 9.84 Å². The van der Waals surface area contributed by atoms with E-state index in [2.05, 4.69) is 5.32 Å². The predicted octanol–water partition coefficient (Wildman–Crippen LogP) is 2.31. The number of piperidine rings is 1. The second-order valence-electron chi connectivity index (χ2n) is 6.40. The molecule has 27 heavy (non-hydrogen) atoms. The van der Waals surface area contributed by atoms with E-state index in [9.17, 15) is 23.3 Å². The fourth-order valence-electron chi connectivity index (χ4n) is 3.02. The summed E-state index contributed by atoms with van der Waals surface area (Å²) in [5, 5.41) is 14.4. The molecular formula is C17H19N3O6S. The molecule has 0 bridgehead atoms. The van der Waals surface area contributed by atoms with Crippen molar-refractivity contribution in [2.24, 2.45) is 0 Å². The molecule has 1 saturated heterocycles. The Morgan fingerprint density at radius 3 is 2.56 bits per heavy atom. The van der Waals surface area contributed by atoms with E-state index in [1.165, 1.54) is 18.4 Å². The lowest BCUT2D eigenvalue weighted by Gasteiger charge is -2.32. The number of sulfone groups is 1. The van der Waals surface area contributed by atoms with Crippen LogP contribution in [0.4, 0.5) is 11.4 Å². The minimum atomic E-state index is -3.53. The highest BCUT2D eigenvalue weighted by atomic mass is 32.2. The quantitative estimate of drug-likeness (QED) is 0.611. The van der Waals surface area contributed by atoms with E-state index in [-0.39, 0.29) is 34.0 Å². The highest BCUT2D eigenvalue weighted by Gasteiger charge is 2.27. The summed E-state index contributed by atoms with van der Waals surface area (Å²) in [6.07, 6.45) is 3.67. The van der Waals surface area contributed by atoms with E-state index in [4.69, 9.17) is 4.42 Å². The molecule has 1 aliphatic heterocycles. The van der Waals surface area contributed by atoms with E-state index in [1.54, 1.807) is 17.0 Å². The van der Waals surface area contributed by atoms with Crippen molar-refractivity contribution in [3.05, 3.63) is 52.5 Å². The predicted molar refractivity (Wildman–Crippen MR) is 97.5 cm³/mol. The van der Waals surface area contributed by atoms with Gasteiger partial charge in [-0.3, -0.25) is 14.9 Å². The number of likely N-dealkylation sites (tertiary alicyclic amines) is 1.